The number of ether oxygens (including phenoxy) is 1. The van der Waals surface area contributed by atoms with Crippen LogP contribution in [0.15, 0.2) is 24.3 Å². The van der Waals surface area contributed by atoms with Crippen LogP contribution in [0, 0.1) is 0 Å². The maximum absolute atomic E-state index is 11.4. The number of methoxy groups -OCH3 is 1. The summed E-state index contributed by atoms with van der Waals surface area (Å²) >= 11 is 5.62. The predicted molar refractivity (Wildman–Crippen MR) is 52.3 cm³/mol. The third kappa shape index (κ3) is 2.12. The van der Waals surface area contributed by atoms with Crippen LogP contribution in [0.2, 0.25) is 0 Å². The molecular formula is C10H9ClO3. The Balaban J connectivity index is 3.06. The molecule has 0 heterocycles. The maximum Gasteiger partial charge on any atom is 0.379 e. The molecule has 0 N–H and O–H groups in total. The van der Waals surface area contributed by atoms with E-state index in [0.29, 0.717) is 11.1 Å². The number of ketones is 1. The van der Waals surface area contributed by atoms with E-state index in [4.69, 9.17) is 11.6 Å². The Morgan fingerprint density at radius 3 is 2.57 bits per heavy atom. The molecule has 1 aromatic rings. The molecule has 0 radical (unpaired) electrons. The molecule has 0 fully saturated rings. The number of alkyl halides is 1. The van der Waals surface area contributed by atoms with Crippen LogP contribution >= 0.6 is 11.6 Å². The molecule has 0 aliphatic heterocycles. The minimum Gasteiger partial charge on any atom is -0.463 e. The molecule has 0 unspecified atom stereocenters. The summed E-state index contributed by atoms with van der Waals surface area (Å²) in [6.07, 6.45) is 0. The Morgan fingerprint density at radius 2 is 2.00 bits per heavy atom. The maximum atomic E-state index is 11.4. The molecule has 0 amide bonds. The average Bonchev–Trinajstić information content (AvgIpc) is 2.26. The predicted octanol–water partition coefficient (Wildman–Crippen LogP) is 1.78. The average molecular weight is 213 g/mol. The van der Waals surface area contributed by atoms with Crippen LogP contribution < -0.4 is 0 Å². The minimum absolute atomic E-state index is 0.193. The van der Waals surface area contributed by atoms with Crippen molar-refractivity contribution in [3.63, 3.8) is 0 Å². The van der Waals surface area contributed by atoms with Gasteiger partial charge in [0, 0.05) is 11.4 Å². The Hall–Kier alpha value is -1.35. The van der Waals surface area contributed by atoms with Crippen LogP contribution in [0.1, 0.15) is 15.9 Å². The topological polar surface area (TPSA) is 43.4 Å². The van der Waals surface area contributed by atoms with Gasteiger partial charge < -0.3 is 4.74 Å². The number of benzene rings is 1. The SMILES string of the molecule is COC(=O)C(=O)c1ccccc1CCl. The second-order valence-electron chi connectivity index (χ2n) is 2.61. The zero-order valence-corrected chi connectivity index (χ0v) is 8.38. The smallest absolute Gasteiger partial charge is 0.379 e. The fourth-order valence-corrected chi connectivity index (χ4v) is 1.29. The molecule has 0 aromatic heterocycles. The first-order valence-electron chi connectivity index (χ1n) is 3.97. The molecule has 0 atom stereocenters. The van der Waals surface area contributed by atoms with Gasteiger partial charge in [0.15, 0.2) is 0 Å². The van der Waals surface area contributed by atoms with Crippen molar-refractivity contribution in [2.45, 2.75) is 5.88 Å². The minimum atomic E-state index is -0.873. The molecule has 0 saturated heterocycles. The summed E-state index contributed by atoms with van der Waals surface area (Å²) in [6.45, 7) is 0. The lowest BCUT2D eigenvalue weighted by molar-refractivity contribution is -0.135. The highest BCUT2D eigenvalue weighted by molar-refractivity contribution is 6.41. The summed E-state index contributed by atoms with van der Waals surface area (Å²) in [5.41, 5.74) is 0.930. The normalized spacial score (nSPS) is 9.57. The van der Waals surface area contributed by atoms with Crippen molar-refractivity contribution in [2.24, 2.45) is 0 Å². The highest BCUT2D eigenvalue weighted by atomic mass is 35.5. The molecule has 74 valence electrons. The van der Waals surface area contributed by atoms with Gasteiger partial charge in [-0.1, -0.05) is 24.3 Å². The number of esters is 1. The zero-order valence-electron chi connectivity index (χ0n) is 7.62. The van der Waals surface area contributed by atoms with Gasteiger partial charge >= 0.3 is 5.97 Å². The number of Topliss-reactive ketones (excluding diaryl/α,β-unsaturated/α-hetero) is 1. The van der Waals surface area contributed by atoms with Gasteiger partial charge in [0.05, 0.1) is 7.11 Å². The van der Waals surface area contributed by atoms with Gasteiger partial charge in [-0.15, -0.1) is 11.6 Å². The van der Waals surface area contributed by atoms with Crippen LogP contribution in [0.4, 0.5) is 0 Å². The number of halogens is 1. The molecule has 0 aliphatic rings. The van der Waals surface area contributed by atoms with Crippen LogP contribution in [0.5, 0.6) is 0 Å². The van der Waals surface area contributed by atoms with E-state index in [0.717, 1.165) is 0 Å². The molecular weight excluding hydrogens is 204 g/mol. The van der Waals surface area contributed by atoms with Gasteiger partial charge in [0.1, 0.15) is 0 Å². The molecule has 1 aromatic carbocycles. The van der Waals surface area contributed by atoms with Crippen molar-refractivity contribution in [3.05, 3.63) is 35.4 Å². The largest absolute Gasteiger partial charge is 0.463 e. The number of carbonyl (C=O) groups excluding carboxylic acids is 2. The lowest BCUT2D eigenvalue weighted by Gasteiger charge is -2.03. The summed E-state index contributed by atoms with van der Waals surface area (Å²) in [7, 11) is 1.17. The zero-order chi connectivity index (χ0) is 10.6. The summed E-state index contributed by atoms with van der Waals surface area (Å²) < 4.78 is 4.33. The Bertz CT molecular complexity index is 360. The van der Waals surface area contributed by atoms with Gasteiger partial charge in [0.25, 0.3) is 5.78 Å². The van der Waals surface area contributed by atoms with Crippen molar-refractivity contribution in [1.29, 1.82) is 0 Å². The Kier molecular flexibility index (Phi) is 3.65. The summed E-state index contributed by atoms with van der Waals surface area (Å²) in [5.74, 6) is -1.34. The van der Waals surface area contributed by atoms with Gasteiger partial charge in [-0.25, -0.2) is 4.79 Å². The van der Waals surface area contributed by atoms with E-state index in [1.165, 1.54) is 7.11 Å². The first-order valence-corrected chi connectivity index (χ1v) is 4.50. The molecule has 0 bridgehead atoms. The van der Waals surface area contributed by atoms with E-state index in [9.17, 15) is 9.59 Å². The number of rotatable bonds is 3. The van der Waals surface area contributed by atoms with E-state index in [2.05, 4.69) is 4.74 Å². The Morgan fingerprint density at radius 1 is 1.36 bits per heavy atom. The third-order valence-electron chi connectivity index (χ3n) is 1.78. The fraction of sp³-hybridized carbons (Fsp3) is 0.200. The fourth-order valence-electron chi connectivity index (χ4n) is 1.06. The standard InChI is InChI=1S/C10H9ClO3/c1-14-10(13)9(12)8-5-3-2-4-7(8)6-11/h2-5H,6H2,1H3. The number of hydrogen-bond donors (Lipinski definition) is 0. The lowest BCUT2D eigenvalue weighted by Crippen LogP contribution is -2.17. The number of carbonyl (C=O) groups is 2. The van der Waals surface area contributed by atoms with Crippen molar-refractivity contribution in [1.82, 2.24) is 0 Å². The van der Waals surface area contributed by atoms with Crippen LogP contribution in [-0.2, 0) is 15.4 Å². The highest BCUT2D eigenvalue weighted by Gasteiger charge is 2.18. The monoisotopic (exact) mass is 212 g/mol. The second kappa shape index (κ2) is 4.77. The first-order chi connectivity index (χ1) is 6.70. The highest BCUT2D eigenvalue weighted by Crippen LogP contribution is 2.12. The van der Waals surface area contributed by atoms with Crippen molar-refractivity contribution in [2.75, 3.05) is 7.11 Å². The van der Waals surface area contributed by atoms with E-state index in [-0.39, 0.29) is 5.88 Å². The van der Waals surface area contributed by atoms with Crippen LogP contribution in [-0.4, -0.2) is 18.9 Å². The summed E-state index contributed by atoms with van der Waals surface area (Å²) in [6, 6.07) is 6.68. The van der Waals surface area contributed by atoms with E-state index in [1.54, 1.807) is 24.3 Å². The van der Waals surface area contributed by atoms with Gasteiger partial charge in [-0.3, -0.25) is 4.79 Å². The van der Waals surface area contributed by atoms with Gasteiger partial charge in [-0.05, 0) is 5.56 Å². The van der Waals surface area contributed by atoms with E-state index >= 15 is 0 Å². The van der Waals surface area contributed by atoms with Gasteiger partial charge in [-0.2, -0.15) is 0 Å². The van der Waals surface area contributed by atoms with E-state index in [1.807, 2.05) is 0 Å². The molecule has 4 heteroatoms. The summed E-state index contributed by atoms with van der Waals surface area (Å²) in [5, 5.41) is 0. The van der Waals surface area contributed by atoms with Crippen molar-refractivity contribution in [3.8, 4) is 0 Å². The molecule has 0 spiro atoms. The third-order valence-corrected chi connectivity index (χ3v) is 2.06. The Labute approximate surface area is 86.6 Å². The van der Waals surface area contributed by atoms with Crippen molar-refractivity contribution < 1.29 is 14.3 Å². The molecule has 0 aliphatic carbocycles. The van der Waals surface area contributed by atoms with E-state index < -0.39 is 11.8 Å². The second-order valence-corrected chi connectivity index (χ2v) is 2.88. The molecule has 0 saturated carbocycles. The lowest BCUT2D eigenvalue weighted by atomic mass is 10.1. The van der Waals surface area contributed by atoms with Crippen molar-refractivity contribution >= 4 is 23.4 Å². The molecule has 14 heavy (non-hydrogen) atoms. The molecule has 3 nitrogen and oxygen atoms in total. The number of hydrogen-bond acceptors (Lipinski definition) is 3. The van der Waals surface area contributed by atoms with Crippen LogP contribution in [0.25, 0.3) is 0 Å². The summed E-state index contributed by atoms with van der Waals surface area (Å²) in [4.78, 5) is 22.4. The van der Waals surface area contributed by atoms with Gasteiger partial charge in [0.2, 0.25) is 0 Å². The quantitative estimate of drug-likeness (QED) is 0.332. The van der Waals surface area contributed by atoms with Crippen LogP contribution in [0.3, 0.4) is 0 Å². The molecule has 1 rings (SSSR count). The first kappa shape index (κ1) is 10.7.